The Bertz CT molecular complexity index is 507. The molecule has 8 atom stereocenters. The second kappa shape index (κ2) is 3.81. The normalized spacial score (nSPS) is 61.6. The molecule has 2 aliphatic carbocycles. The summed E-state index contributed by atoms with van der Waals surface area (Å²) in [6.07, 6.45) is 1.91. The van der Waals surface area contributed by atoms with Crippen LogP contribution in [-0.4, -0.2) is 41.8 Å². The summed E-state index contributed by atoms with van der Waals surface area (Å²) in [7, 11) is 1.68. The predicted molar refractivity (Wildman–Crippen MR) is 73.2 cm³/mol. The number of fused-ring (bicyclic) bond motifs is 1. The number of methoxy groups -OCH3 is 1. The van der Waals surface area contributed by atoms with Crippen LogP contribution in [-0.2, 0) is 19.0 Å². The Labute approximate surface area is 124 Å². The minimum atomic E-state index is -0.767. The van der Waals surface area contributed by atoms with E-state index in [9.17, 15) is 9.90 Å². The molecule has 21 heavy (non-hydrogen) atoms. The van der Waals surface area contributed by atoms with Crippen molar-refractivity contribution < 1.29 is 24.1 Å². The summed E-state index contributed by atoms with van der Waals surface area (Å²) in [5.74, 6) is -0.809. The molecule has 5 nitrogen and oxygen atoms in total. The number of esters is 1. The van der Waals surface area contributed by atoms with Crippen LogP contribution >= 0.6 is 0 Å². The maximum Gasteiger partial charge on any atom is 0.314 e. The highest BCUT2D eigenvalue weighted by atomic mass is 16.8. The third-order valence-corrected chi connectivity index (χ3v) is 7.10. The van der Waals surface area contributed by atoms with Crippen LogP contribution in [0.3, 0.4) is 0 Å². The van der Waals surface area contributed by atoms with Gasteiger partial charge in [-0.2, -0.15) is 0 Å². The van der Waals surface area contributed by atoms with E-state index in [0.29, 0.717) is 5.92 Å². The first-order valence-corrected chi connectivity index (χ1v) is 7.97. The standard InChI is InChI=1S/C16H24O5/c1-8-11(17)6-5-10-7-15-16(21-15,9(2)12(18)20-15)13(19-4)14(8,10)3/h8-11,13,17H,5-7H2,1-4H3. The number of carbonyl (C=O) groups is 1. The fraction of sp³-hybridized carbons (Fsp3) is 0.938. The van der Waals surface area contributed by atoms with E-state index in [4.69, 9.17) is 14.2 Å². The Morgan fingerprint density at radius 3 is 2.71 bits per heavy atom. The minimum absolute atomic E-state index is 0.112. The third-order valence-electron chi connectivity index (χ3n) is 7.10. The summed E-state index contributed by atoms with van der Waals surface area (Å²) < 4.78 is 17.6. The van der Waals surface area contributed by atoms with Gasteiger partial charge in [0.2, 0.25) is 5.79 Å². The van der Waals surface area contributed by atoms with Gasteiger partial charge in [0, 0.05) is 18.9 Å². The number of aliphatic hydroxyl groups is 1. The van der Waals surface area contributed by atoms with E-state index in [1.165, 1.54) is 0 Å². The van der Waals surface area contributed by atoms with Crippen molar-refractivity contribution in [1.82, 2.24) is 0 Å². The van der Waals surface area contributed by atoms with Gasteiger partial charge in [-0.05, 0) is 31.6 Å². The maximum atomic E-state index is 12.1. The number of epoxide rings is 1. The largest absolute Gasteiger partial charge is 0.429 e. The molecule has 4 fully saturated rings. The number of ether oxygens (including phenoxy) is 3. The summed E-state index contributed by atoms with van der Waals surface area (Å²) in [4.78, 5) is 12.1. The Morgan fingerprint density at radius 2 is 2.05 bits per heavy atom. The molecule has 118 valence electrons. The molecule has 1 N–H and O–H groups in total. The SMILES string of the molecule is COC1C2(C)C(CCC(O)C2C)CC23OC(=O)C(C)C12O3. The molecule has 0 aromatic rings. The second-order valence-corrected chi connectivity index (χ2v) is 7.61. The van der Waals surface area contributed by atoms with E-state index in [0.717, 1.165) is 19.3 Å². The lowest BCUT2D eigenvalue weighted by atomic mass is 9.50. The predicted octanol–water partition coefficient (Wildman–Crippen LogP) is 1.48. The van der Waals surface area contributed by atoms with E-state index in [1.807, 2.05) is 6.92 Å². The van der Waals surface area contributed by atoms with Crippen molar-refractivity contribution in [3.8, 4) is 0 Å². The molecular weight excluding hydrogens is 272 g/mol. The summed E-state index contributed by atoms with van der Waals surface area (Å²) in [5.41, 5.74) is -0.857. The highest BCUT2D eigenvalue weighted by molar-refractivity contribution is 5.79. The van der Waals surface area contributed by atoms with E-state index >= 15 is 0 Å². The van der Waals surface area contributed by atoms with Crippen molar-refractivity contribution in [1.29, 1.82) is 0 Å². The molecule has 2 heterocycles. The zero-order valence-electron chi connectivity index (χ0n) is 13.1. The van der Waals surface area contributed by atoms with Gasteiger partial charge in [-0.25, -0.2) is 0 Å². The van der Waals surface area contributed by atoms with Gasteiger partial charge in [0.15, 0.2) is 5.60 Å². The Balaban J connectivity index is 1.82. The van der Waals surface area contributed by atoms with Gasteiger partial charge in [-0.15, -0.1) is 0 Å². The number of hydrogen-bond donors (Lipinski definition) is 1. The van der Waals surface area contributed by atoms with Crippen LogP contribution in [0.2, 0.25) is 0 Å². The molecule has 0 spiro atoms. The molecule has 5 heteroatoms. The summed E-state index contributed by atoms with van der Waals surface area (Å²) in [6, 6.07) is 0. The van der Waals surface area contributed by atoms with E-state index in [2.05, 4.69) is 13.8 Å². The Hall–Kier alpha value is -0.650. The Morgan fingerprint density at radius 1 is 1.33 bits per heavy atom. The monoisotopic (exact) mass is 296 g/mol. The number of carbonyl (C=O) groups excluding carboxylic acids is 1. The molecule has 0 aromatic heterocycles. The molecule has 0 amide bonds. The lowest BCUT2D eigenvalue weighted by Crippen LogP contribution is -2.63. The lowest BCUT2D eigenvalue weighted by molar-refractivity contribution is -0.176. The van der Waals surface area contributed by atoms with Crippen LogP contribution < -0.4 is 0 Å². The van der Waals surface area contributed by atoms with E-state index in [-0.39, 0.29) is 35.4 Å². The van der Waals surface area contributed by atoms with E-state index < -0.39 is 11.4 Å². The zero-order chi connectivity index (χ0) is 15.2. The van der Waals surface area contributed by atoms with Crippen molar-refractivity contribution >= 4 is 5.97 Å². The average molecular weight is 296 g/mol. The van der Waals surface area contributed by atoms with Crippen LogP contribution in [0.25, 0.3) is 0 Å². The third kappa shape index (κ3) is 1.28. The van der Waals surface area contributed by atoms with Crippen LogP contribution in [0.15, 0.2) is 0 Å². The van der Waals surface area contributed by atoms with Gasteiger partial charge in [-0.3, -0.25) is 4.79 Å². The van der Waals surface area contributed by atoms with Gasteiger partial charge in [0.05, 0.1) is 18.1 Å². The highest BCUT2D eigenvalue weighted by Gasteiger charge is 2.90. The molecular formula is C16H24O5. The molecule has 0 bridgehead atoms. The van der Waals surface area contributed by atoms with Gasteiger partial charge < -0.3 is 19.3 Å². The van der Waals surface area contributed by atoms with Gasteiger partial charge in [0.1, 0.15) is 0 Å². The Kier molecular flexibility index (Phi) is 2.54. The van der Waals surface area contributed by atoms with Crippen molar-refractivity contribution in [2.24, 2.45) is 23.2 Å². The van der Waals surface area contributed by atoms with Crippen molar-refractivity contribution in [2.75, 3.05) is 7.11 Å². The average Bonchev–Trinajstić information content (AvgIpc) is 3.04. The van der Waals surface area contributed by atoms with E-state index in [1.54, 1.807) is 7.11 Å². The quantitative estimate of drug-likeness (QED) is 0.586. The van der Waals surface area contributed by atoms with Crippen molar-refractivity contribution in [2.45, 2.75) is 63.6 Å². The second-order valence-electron chi connectivity index (χ2n) is 7.61. The number of hydrogen-bond acceptors (Lipinski definition) is 5. The van der Waals surface area contributed by atoms with Crippen LogP contribution in [0, 0.1) is 23.2 Å². The topological polar surface area (TPSA) is 68.3 Å². The molecule has 4 rings (SSSR count). The molecule has 2 saturated heterocycles. The molecule has 8 unspecified atom stereocenters. The lowest BCUT2D eigenvalue weighted by Gasteiger charge is -2.55. The smallest absolute Gasteiger partial charge is 0.314 e. The van der Waals surface area contributed by atoms with Gasteiger partial charge >= 0.3 is 5.97 Å². The highest BCUT2D eigenvalue weighted by Crippen LogP contribution is 2.73. The van der Waals surface area contributed by atoms with Crippen LogP contribution in [0.1, 0.15) is 40.0 Å². The van der Waals surface area contributed by atoms with Crippen molar-refractivity contribution in [3.05, 3.63) is 0 Å². The molecule has 2 aliphatic heterocycles. The summed E-state index contributed by atoms with van der Waals surface area (Å²) in [6.45, 7) is 6.16. The number of aliphatic hydroxyl groups excluding tert-OH is 1. The fourth-order valence-electron chi connectivity index (χ4n) is 5.62. The molecule has 4 aliphatic rings. The summed E-state index contributed by atoms with van der Waals surface area (Å²) in [5, 5.41) is 10.4. The van der Waals surface area contributed by atoms with Gasteiger partial charge in [-0.1, -0.05) is 13.8 Å². The van der Waals surface area contributed by atoms with Crippen LogP contribution in [0.4, 0.5) is 0 Å². The molecule has 0 radical (unpaired) electrons. The first-order valence-electron chi connectivity index (χ1n) is 7.97. The first-order chi connectivity index (χ1) is 9.83. The molecule has 2 saturated carbocycles. The zero-order valence-corrected chi connectivity index (χ0v) is 13.1. The fourth-order valence-corrected chi connectivity index (χ4v) is 5.62. The maximum absolute atomic E-state index is 12.1. The summed E-state index contributed by atoms with van der Waals surface area (Å²) >= 11 is 0. The van der Waals surface area contributed by atoms with Crippen molar-refractivity contribution in [3.63, 3.8) is 0 Å². The van der Waals surface area contributed by atoms with Gasteiger partial charge in [0.25, 0.3) is 0 Å². The minimum Gasteiger partial charge on any atom is -0.429 e. The first kappa shape index (κ1) is 14.0. The molecule has 0 aromatic carbocycles. The van der Waals surface area contributed by atoms with Crippen LogP contribution in [0.5, 0.6) is 0 Å². The number of rotatable bonds is 1.